The smallest absolute Gasteiger partial charge is 0.305 e. The Balaban J connectivity index is 2.35. The zero-order chi connectivity index (χ0) is 15.2. The number of carbonyl (C=O) groups excluding carboxylic acids is 1. The molecule has 0 saturated heterocycles. The van der Waals surface area contributed by atoms with Gasteiger partial charge in [-0.3, -0.25) is 9.59 Å². The topological polar surface area (TPSA) is 75.6 Å². The van der Waals surface area contributed by atoms with Crippen LogP contribution < -0.4 is 10.1 Å². The first kappa shape index (κ1) is 15.9. The highest BCUT2D eigenvalue weighted by atomic mass is 19.1. The summed E-state index contributed by atoms with van der Waals surface area (Å²) in [5.41, 5.74) is -0.818. The molecule has 20 heavy (non-hydrogen) atoms. The van der Waals surface area contributed by atoms with Crippen molar-refractivity contribution >= 4 is 11.9 Å². The predicted molar refractivity (Wildman–Crippen MR) is 71.0 cm³/mol. The summed E-state index contributed by atoms with van der Waals surface area (Å²) < 4.78 is 18.1. The summed E-state index contributed by atoms with van der Waals surface area (Å²) in [4.78, 5) is 22.3. The van der Waals surface area contributed by atoms with Crippen molar-refractivity contribution < 1.29 is 23.8 Å². The number of benzene rings is 1. The van der Waals surface area contributed by atoms with Gasteiger partial charge in [-0.15, -0.1) is 0 Å². The number of carboxylic acids is 1. The van der Waals surface area contributed by atoms with E-state index in [-0.39, 0.29) is 25.4 Å². The molecule has 0 aliphatic rings. The van der Waals surface area contributed by atoms with Crippen LogP contribution in [0.5, 0.6) is 5.75 Å². The molecule has 0 bridgehead atoms. The lowest BCUT2D eigenvalue weighted by Gasteiger charge is -2.24. The summed E-state index contributed by atoms with van der Waals surface area (Å²) in [7, 11) is 0. The molecule has 0 aromatic heterocycles. The number of carboxylic acid groups (broad SMARTS) is 1. The van der Waals surface area contributed by atoms with Gasteiger partial charge in [-0.05, 0) is 26.0 Å². The summed E-state index contributed by atoms with van der Waals surface area (Å²) in [6.07, 6.45) is -0.0942. The van der Waals surface area contributed by atoms with Crippen molar-refractivity contribution in [3.05, 3.63) is 30.1 Å². The van der Waals surface area contributed by atoms with Gasteiger partial charge in [0.05, 0.1) is 19.4 Å². The second-order valence-electron chi connectivity index (χ2n) is 5.06. The number of ether oxygens (including phenoxy) is 1. The molecule has 0 unspecified atom stereocenters. The maximum atomic E-state index is 12.9. The molecule has 110 valence electrons. The molecule has 5 nitrogen and oxygen atoms in total. The summed E-state index contributed by atoms with van der Waals surface area (Å²) in [5.74, 6) is -1.35. The van der Waals surface area contributed by atoms with Gasteiger partial charge in [0.25, 0.3) is 0 Å². The molecule has 1 amide bonds. The second-order valence-corrected chi connectivity index (χ2v) is 5.06. The van der Waals surface area contributed by atoms with Gasteiger partial charge in [0.2, 0.25) is 5.91 Å². The largest absolute Gasteiger partial charge is 0.493 e. The minimum Gasteiger partial charge on any atom is -0.493 e. The first-order valence-corrected chi connectivity index (χ1v) is 6.20. The fraction of sp³-hybridized carbons (Fsp3) is 0.429. The van der Waals surface area contributed by atoms with E-state index in [1.807, 2.05) is 0 Å². The third-order valence-corrected chi connectivity index (χ3v) is 2.46. The van der Waals surface area contributed by atoms with Crippen molar-refractivity contribution in [3.8, 4) is 5.75 Å². The van der Waals surface area contributed by atoms with Crippen LogP contribution in [-0.4, -0.2) is 29.1 Å². The van der Waals surface area contributed by atoms with E-state index in [4.69, 9.17) is 9.84 Å². The van der Waals surface area contributed by atoms with E-state index in [0.29, 0.717) is 5.75 Å². The molecule has 0 fully saturated rings. The van der Waals surface area contributed by atoms with Gasteiger partial charge in [-0.25, -0.2) is 4.39 Å². The Bertz CT molecular complexity index is 488. The van der Waals surface area contributed by atoms with Crippen molar-refractivity contribution in [2.24, 2.45) is 0 Å². The van der Waals surface area contributed by atoms with E-state index in [9.17, 15) is 14.0 Å². The van der Waals surface area contributed by atoms with Crippen LogP contribution in [0.4, 0.5) is 4.39 Å². The van der Waals surface area contributed by atoms with Crippen LogP contribution in [0.2, 0.25) is 0 Å². The van der Waals surface area contributed by atoms with Crippen molar-refractivity contribution in [1.29, 1.82) is 0 Å². The minimum atomic E-state index is -0.980. The third-order valence-electron chi connectivity index (χ3n) is 2.46. The monoisotopic (exact) mass is 283 g/mol. The van der Waals surface area contributed by atoms with Gasteiger partial charge in [-0.2, -0.15) is 0 Å². The first-order valence-electron chi connectivity index (χ1n) is 6.20. The maximum absolute atomic E-state index is 12.9. The Hall–Kier alpha value is -2.11. The van der Waals surface area contributed by atoms with Crippen molar-refractivity contribution in [2.75, 3.05) is 6.61 Å². The Kier molecular flexibility index (Phi) is 5.49. The van der Waals surface area contributed by atoms with Crippen LogP contribution in [0.25, 0.3) is 0 Å². The molecular weight excluding hydrogens is 265 g/mol. The zero-order valence-corrected chi connectivity index (χ0v) is 11.5. The highest BCUT2D eigenvalue weighted by Crippen LogP contribution is 2.12. The number of halogens is 1. The van der Waals surface area contributed by atoms with E-state index in [0.717, 1.165) is 0 Å². The number of aliphatic carboxylic acids is 1. The van der Waals surface area contributed by atoms with E-state index < -0.39 is 17.3 Å². The Morgan fingerprint density at radius 3 is 2.70 bits per heavy atom. The molecule has 2 N–H and O–H groups in total. The lowest BCUT2D eigenvalue weighted by atomic mass is 10.0. The van der Waals surface area contributed by atoms with Crippen molar-refractivity contribution in [2.45, 2.75) is 32.2 Å². The molecule has 0 aliphatic carbocycles. The summed E-state index contributed by atoms with van der Waals surface area (Å²) >= 11 is 0. The normalized spacial score (nSPS) is 10.9. The molecule has 0 saturated carbocycles. The van der Waals surface area contributed by atoms with Crippen LogP contribution in [0.1, 0.15) is 26.7 Å². The van der Waals surface area contributed by atoms with E-state index in [1.165, 1.54) is 18.2 Å². The molecule has 0 radical (unpaired) electrons. The van der Waals surface area contributed by atoms with E-state index in [1.54, 1.807) is 19.9 Å². The summed E-state index contributed by atoms with van der Waals surface area (Å²) in [5, 5.41) is 11.3. The number of hydrogen-bond donors (Lipinski definition) is 2. The Morgan fingerprint density at radius 1 is 1.40 bits per heavy atom. The fourth-order valence-electron chi connectivity index (χ4n) is 1.68. The highest BCUT2D eigenvalue weighted by molar-refractivity contribution is 5.78. The Labute approximate surface area is 116 Å². The quantitative estimate of drug-likeness (QED) is 0.802. The molecule has 0 aliphatic heterocycles. The number of nitrogens with one attached hydrogen (secondary N) is 1. The van der Waals surface area contributed by atoms with Gasteiger partial charge < -0.3 is 15.2 Å². The average molecular weight is 283 g/mol. The SMILES string of the molecule is CC(C)(CC(=O)O)NC(=O)CCOc1cccc(F)c1. The standard InChI is InChI=1S/C14H18FNO4/c1-14(2,9-13(18)19)16-12(17)6-7-20-11-5-3-4-10(15)8-11/h3-5,8H,6-7,9H2,1-2H3,(H,16,17)(H,18,19). The number of rotatable bonds is 7. The van der Waals surface area contributed by atoms with Gasteiger partial charge in [0.15, 0.2) is 0 Å². The first-order chi connectivity index (χ1) is 9.28. The molecule has 6 heteroatoms. The predicted octanol–water partition coefficient (Wildman–Crippen LogP) is 1.96. The number of hydrogen-bond acceptors (Lipinski definition) is 3. The molecule has 0 heterocycles. The van der Waals surface area contributed by atoms with Gasteiger partial charge in [0.1, 0.15) is 11.6 Å². The van der Waals surface area contributed by atoms with Gasteiger partial charge in [0, 0.05) is 11.6 Å². The molecule has 0 spiro atoms. The average Bonchev–Trinajstić information content (AvgIpc) is 2.26. The number of amides is 1. The second kappa shape index (κ2) is 6.88. The Morgan fingerprint density at radius 2 is 2.10 bits per heavy atom. The molecule has 0 atom stereocenters. The molecule has 1 rings (SSSR count). The highest BCUT2D eigenvalue weighted by Gasteiger charge is 2.23. The molecule has 1 aromatic carbocycles. The summed E-state index contributed by atoms with van der Waals surface area (Å²) in [6.45, 7) is 3.36. The zero-order valence-electron chi connectivity index (χ0n) is 11.5. The number of carbonyl (C=O) groups is 2. The van der Waals surface area contributed by atoms with Gasteiger partial charge in [-0.1, -0.05) is 6.07 Å². The maximum Gasteiger partial charge on any atom is 0.305 e. The summed E-state index contributed by atoms with van der Waals surface area (Å²) in [6, 6.07) is 5.64. The van der Waals surface area contributed by atoms with Crippen LogP contribution in [0, 0.1) is 5.82 Å². The van der Waals surface area contributed by atoms with Crippen LogP contribution in [0.15, 0.2) is 24.3 Å². The lowest BCUT2D eigenvalue weighted by Crippen LogP contribution is -2.45. The van der Waals surface area contributed by atoms with E-state index in [2.05, 4.69) is 5.32 Å². The van der Waals surface area contributed by atoms with Gasteiger partial charge >= 0.3 is 5.97 Å². The minimum absolute atomic E-state index is 0.0690. The third kappa shape index (κ3) is 6.17. The fourth-order valence-corrected chi connectivity index (χ4v) is 1.68. The molecular formula is C14H18FNO4. The lowest BCUT2D eigenvalue weighted by molar-refractivity contribution is -0.138. The van der Waals surface area contributed by atoms with E-state index >= 15 is 0 Å². The van der Waals surface area contributed by atoms with Crippen LogP contribution >= 0.6 is 0 Å². The van der Waals surface area contributed by atoms with Crippen molar-refractivity contribution in [1.82, 2.24) is 5.32 Å². The van der Waals surface area contributed by atoms with Crippen LogP contribution in [-0.2, 0) is 9.59 Å². The molecule has 1 aromatic rings. The van der Waals surface area contributed by atoms with Crippen LogP contribution in [0.3, 0.4) is 0 Å². The van der Waals surface area contributed by atoms with Crippen molar-refractivity contribution in [3.63, 3.8) is 0 Å².